The van der Waals surface area contributed by atoms with Crippen molar-refractivity contribution in [3.63, 3.8) is 0 Å². The van der Waals surface area contributed by atoms with Gasteiger partial charge in [0.1, 0.15) is 0 Å². The highest BCUT2D eigenvalue weighted by molar-refractivity contribution is 5.86. The van der Waals surface area contributed by atoms with Gasteiger partial charge in [-0.05, 0) is 5.87 Å². The molecule has 0 amide bonds. The molecule has 0 unspecified atom stereocenters. The molecule has 3 heteroatoms. The lowest BCUT2D eigenvalue weighted by Gasteiger charge is -1.75. The summed E-state index contributed by atoms with van der Waals surface area (Å²) in [5, 5.41) is 14.3. The Balaban J connectivity index is 3.97. The Morgan fingerprint density at radius 2 is 2.50 bits per heavy atom. The van der Waals surface area contributed by atoms with E-state index in [0.717, 1.165) is 0 Å². The van der Waals surface area contributed by atoms with E-state index in [-0.39, 0.29) is 12.0 Å². The van der Waals surface area contributed by atoms with Gasteiger partial charge >= 0.3 is 0 Å². The summed E-state index contributed by atoms with van der Waals surface area (Å²) in [6.45, 7) is 0. The van der Waals surface area contributed by atoms with Crippen LogP contribution < -0.4 is 0 Å². The Kier molecular flexibility index (Phi) is 3.13. The van der Waals surface area contributed by atoms with Crippen LogP contribution in [0, 0.1) is 16.7 Å². The summed E-state index contributed by atoms with van der Waals surface area (Å²) in [6.07, 6.45) is 0.434. The average Bonchev–Trinajstić information content (AvgIpc) is 1.83. The minimum atomic E-state index is -0.0208. The van der Waals surface area contributed by atoms with Crippen molar-refractivity contribution in [3.8, 4) is 6.07 Å². The average molecular weight is 108 g/mol. The predicted molar refractivity (Wildman–Crippen MR) is 27.5 cm³/mol. The van der Waals surface area contributed by atoms with Crippen molar-refractivity contribution in [2.75, 3.05) is 0 Å². The van der Waals surface area contributed by atoms with E-state index >= 15 is 0 Å². The monoisotopic (exact) mass is 108 g/mol. The van der Waals surface area contributed by atoms with Crippen LogP contribution in [0.5, 0.6) is 0 Å². The molecule has 8 heavy (non-hydrogen) atoms. The first-order chi connectivity index (χ1) is 3.85. The SMILES string of the molecule is N#CCC(=C=N)C=O. The number of nitrogens with one attached hydrogen (secondary N) is 1. The molecule has 3 nitrogen and oxygen atoms in total. The molecule has 0 fully saturated rings. The van der Waals surface area contributed by atoms with Crippen LogP contribution in [0.4, 0.5) is 0 Å². The van der Waals surface area contributed by atoms with Gasteiger partial charge in [0.25, 0.3) is 0 Å². The highest BCUT2D eigenvalue weighted by Crippen LogP contribution is 1.86. The Bertz CT molecular complexity index is 171. The largest absolute Gasteiger partial charge is 0.297 e. The molecule has 0 aliphatic rings. The van der Waals surface area contributed by atoms with Gasteiger partial charge in [0, 0.05) is 0 Å². The molecule has 0 atom stereocenters. The summed E-state index contributed by atoms with van der Waals surface area (Å²) in [7, 11) is 0. The third kappa shape index (κ3) is 1.91. The zero-order valence-electron chi connectivity index (χ0n) is 4.14. The lowest BCUT2D eigenvalue weighted by molar-refractivity contribution is -0.104. The molecule has 1 N–H and O–H groups in total. The van der Waals surface area contributed by atoms with Gasteiger partial charge in [-0.1, -0.05) is 0 Å². The summed E-state index contributed by atoms with van der Waals surface area (Å²) in [5.74, 6) is 1.83. The van der Waals surface area contributed by atoms with Gasteiger partial charge < -0.3 is 0 Å². The first-order valence-corrected chi connectivity index (χ1v) is 1.96. The molecule has 0 rings (SSSR count). The second-order valence-corrected chi connectivity index (χ2v) is 1.10. The molecule has 0 aromatic rings. The fourth-order valence-electron chi connectivity index (χ4n) is 0.200. The molecule has 0 saturated carbocycles. The van der Waals surface area contributed by atoms with Crippen molar-refractivity contribution in [1.29, 1.82) is 10.7 Å². The summed E-state index contributed by atoms with van der Waals surface area (Å²) in [4.78, 5) is 9.76. The zero-order chi connectivity index (χ0) is 6.41. The fourth-order valence-corrected chi connectivity index (χ4v) is 0.200. The van der Waals surface area contributed by atoms with Gasteiger partial charge in [-0.2, -0.15) is 5.26 Å². The van der Waals surface area contributed by atoms with E-state index in [9.17, 15) is 4.79 Å². The number of nitriles is 1. The van der Waals surface area contributed by atoms with Gasteiger partial charge in [0.2, 0.25) is 0 Å². The van der Waals surface area contributed by atoms with E-state index in [0.29, 0.717) is 6.29 Å². The minimum Gasteiger partial charge on any atom is -0.297 e. The van der Waals surface area contributed by atoms with Crippen molar-refractivity contribution in [3.05, 3.63) is 5.57 Å². The molecule has 0 spiro atoms. The van der Waals surface area contributed by atoms with E-state index in [1.165, 1.54) is 0 Å². The molecule has 40 valence electrons. The third-order valence-electron chi connectivity index (χ3n) is 0.572. The number of hydrogen-bond acceptors (Lipinski definition) is 3. The lowest BCUT2D eigenvalue weighted by atomic mass is 10.2. The Morgan fingerprint density at radius 3 is 2.62 bits per heavy atom. The van der Waals surface area contributed by atoms with E-state index in [2.05, 4.69) is 0 Å². The summed E-state index contributed by atoms with van der Waals surface area (Å²) >= 11 is 0. The number of rotatable bonds is 2. The van der Waals surface area contributed by atoms with Crippen molar-refractivity contribution in [2.45, 2.75) is 6.42 Å². The molecule has 0 aliphatic heterocycles. The number of carbonyl (C=O) groups is 1. The van der Waals surface area contributed by atoms with Crippen LogP contribution in [0.25, 0.3) is 0 Å². The standard InChI is InChI=1S/C5H4N2O/c6-2-1-5(3-7)4-8/h4,7H,1H2. The second-order valence-electron chi connectivity index (χ2n) is 1.10. The van der Waals surface area contributed by atoms with Gasteiger partial charge in [-0.3, -0.25) is 10.2 Å². The quantitative estimate of drug-likeness (QED) is 0.313. The van der Waals surface area contributed by atoms with Crippen LogP contribution in [0.3, 0.4) is 0 Å². The van der Waals surface area contributed by atoms with Crippen molar-refractivity contribution >= 4 is 12.2 Å². The van der Waals surface area contributed by atoms with Crippen LogP contribution >= 0.6 is 0 Å². The van der Waals surface area contributed by atoms with Gasteiger partial charge in [-0.25, -0.2) is 0 Å². The van der Waals surface area contributed by atoms with E-state index in [1.54, 1.807) is 6.07 Å². The molecule has 0 radical (unpaired) electrons. The van der Waals surface area contributed by atoms with Crippen molar-refractivity contribution in [1.82, 2.24) is 0 Å². The highest BCUT2D eigenvalue weighted by atomic mass is 16.1. The van der Waals surface area contributed by atoms with E-state index < -0.39 is 0 Å². The Hall–Kier alpha value is -1.39. The minimum absolute atomic E-state index is 0.0208. The first kappa shape index (κ1) is 6.61. The molecule has 0 aliphatic carbocycles. The van der Waals surface area contributed by atoms with Crippen molar-refractivity contribution in [2.24, 2.45) is 0 Å². The maximum atomic E-state index is 9.76. The summed E-state index contributed by atoms with van der Waals surface area (Å²) < 4.78 is 0. The third-order valence-corrected chi connectivity index (χ3v) is 0.572. The van der Waals surface area contributed by atoms with Gasteiger partial charge in [0.05, 0.1) is 18.1 Å². The number of aldehydes is 1. The van der Waals surface area contributed by atoms with Crippen LogP contribution in [0.1, 0.15) is 6.42 Å². The highest BCUT2D eigenvalue weighted by Gasteiger charge is 1.88. The first-order valence-electron chi connectivity index (χ1n) is 1.96. The maximum absolute atomic E-state index is 9.76. The topological polar surface area (TPSA) is 64.7 Å². The molecular weight excluding hydrogens is 104 g/mol. The molecule has 0 bridgehead atoms. The predicted octanol–water partition coefficient (Wildman–Crippen LogP) is 0.274. The van der Waals surface area contributed by atoms with Crippen molar-refractivity contribution < 1.29 is 4.79 Å². The Morgan fingerprint density at radius 1 is 1.88 bits per heavy atom. The molecular formula is C5H4N2O. The fraction of sp³-hybridized carbons (Fsp3) is 0.200. The van der Waals surface area contributed by atoms with Crippen LogP contribution in [-0.4, -0.2) is 12.2 Å². The summed E-state index contributed by atoms with van der Waals surface area (Å²) in [6, 6.07) is 1.72. The smallest absolute Gasteiger partial charge is 0.156 e. The van der Waals surface area contributed by atoms with Gasteiger partial charge in [0.15, 0.2) is 6.29 Å². The molecule has 0 aromatic heterocycles. The van der Waals surface area contributed by atoms with E-state index in [1.807, 2.05) is 5.87 Å². The molecule has 0 aromatic carbocycles. The maximum Gasteiger partial charge on any atom is 0.156 e. The number of carbonyl (C=O) groups excluding carboxylic acids is 1. The lowest BCUT2D eigenvalue weighted by Crippen LogP contribution is -1.81. The normalized spacial score (nSPS) is 6.38. The van der Waals surface area contributed by atoms with Gasteiger partial charge in [-0.15, -0.1) is 0 Å². The number of nitrogens with zero attached hydrogens (tertiary/aromatic N) is 1. The number of hydrogen-bond donors (Lipinski definition) is 1. The molecule has 0 saturated heterocycles. The number of allylic oxidation sites excluding steroid dienone is 1. The zero-order valence-corrected chi connectivity index (χ0v) is 4.14. The van der Waals surface area contributed by atoms with Crippen LogP contribution in [0.2, 0.25) is 0 Å². The molecule has 0 heterocycles. The Labute approximate surface area is 46.7 Å². The van der Waals surface area contributed by atoms with Crippen LogP contribution in [0.15, 0.2) is 5.57 Å². The van der Waals surface area contributed by atoms with Crippen LogP contribution in [-0.2, 0) is 4.79 Å². The summed E-state index contributed by atoms with van der Waals surface area (Å²) in [5.41, 5.74) is 0.0903. The second kappa shape index (κ2) is 3.79. The van der Waals surface area contributed by atoms with E-state index in [4.69, 9.17) is 10.7 Å².